The van der Waals surface area contributed by atoms with Gasteiger partial charge < -0.3 is 4.90 Å². The molecule has 1 nitrogen and oxygen atoms in total. The Hall–Kier alpha value is -0.990. The highest BCUT2D eigenvalue weighted by Crippen LogP contribution is 2.40. The molecule has 1 heterocycles. The summed E-state index contributed by atoms with van der Waals surface area (Å²) in [6.07, 6.45) is 7.12. The summed E-state index contributed by atoms with van der Waals surface area (Å²) >= 11 is 1.95. The van der Waals surface area contributed by atoms with Gasteiger partial charge in [-0.3, -0.25) is 0 Å². The lowest BCUT2D eigenvalue weighted by atomic mass is 9.96. The maximum absolute atomic E-state index is 2.43. The van der Waals surface area contributed by atoms with Crippen molar-refractivity contribution in [1.29, 1.82) is 0 Å². The first-order chi connectivity index (χ1) is 10.7. The lowest BCUT2D eigenvalue weighted by Gasteiger charge is -2.30. The molecular weight excluding hydrogens is 286 g/mol. The molecule has 1 saturated heterocycles. The van der Waals surface area contributed by atoms with Crippen LogP contribution in [0, 0.1) is 5.92 Å². The topological polar surface area (TPSA) is 3.24 Å². The molecule has 0 amide bonds. The Bertz CT molecular complexity index is 468. The molecule has 0 unspecified atom stereocenters. The molecule has 1 aromatic rings. The summed E-state index contributed by atoms with van der Waals surface area (Å²) in [6.45, 7) is 10.8. The van der Waals surface area contributed by atoms with Crippen LogP contribution in [-0.4, -0.2) is 25.0 Å². The predicted molar refractivity (Wildman–Crippen MR) is 103 cm³/mol. The molecule has 2 rings (SSSR count). The standard InChI is InChI=1S/C18H25NS.C2H6/c1-4-17(15-9-7-6-8-10-15)20-18(5-2)16-11-13-19(3)14-12-16;1-2/h4-10,16H,11-14H2,1-3H3;1-2H3/b17-4-,18-5-;. The van der Waals surface area contributed by atoms with Crippen molar-refractivity contribution in [2.45, 2.75) is 40.5 Å². The Morgan fingerprint density at radius 3 is 2.14 bits per heavy atom. The van der Waals surface area contributed by atoms with Crippen molar-refractivity contribution in [3.63, 3.8) is 0 Å². The second-order valence-electron chi connectivity index (χ2n) is 5.39. The van der Waals surface area contributed by atoms with E-state index in [-0.39, 0.29) is 0 Å². The molecule has 122 valence electrons. The van der Waals surface area contributed by atoms with Gasteiger partial charge in [0.05, 0.1) is 0 Å². The molecule has 1 aliphatic heterocycles. The maximum atomic E-state index is 2.43. The lowest BCUT2D eigenvalue weighted by molar-refractivity contribution is 0.242. The summed E-state index contributed by atoms with van der Waals surface area (Å²) < 4.78 is 0. The molecule has 22 heavy (non-hydrogen) atoms. The van der Waals surface area contributed by atoms with Crippen molar-refractivity contribution in [2.75, 3.05) is 20.1 Å². The Labute approximate surface area is 141 Å². The van der Waals surface area contributed by atoms with Crippen LogP contribution in [0.25, 0.3) is 4.91 Å². The van der Waals surface area contributed by atoms with E-state index in [0.29, 0.717) is 0 Å². The van der Waals surface area contributed by atoms with Crippen LogP contribution >= 0.6 is 11.8 Å². The summed E-state index contributed by atoms with van der Waals surface area (Å²) in [5.74, 6) is 0.736. The number of rotatable bonds is 4. The van der Waals surface area contributed by atoms with E-state index in [0.717, 1.165) is 5.92 Å². The second-order valence-corrected chi connectivity index (χ2v) is 6.50. The highest BCUT2D eigenvalue weighted by Gasteiger charge is 2.21. The smallest absolute Gasteiger partial charge is 0.0148 e. The van der Waals surface area contributed by atoms with Gasteiger partial charge in [-0.05, 0) is 63.2 Å². The molecule has 0 bridgehead atoms. The van der Waals surface area contributed by atoms with Crippen molar-refractivity contribution in [3.05, 3.63) is 53.0 Å². The van der Waals surface area contributed by atoms with E-state index >= 15 is 0 Å². The van der Waals surface area contributed by atoms with E-state index in [2.05, 4.69) is 68.3 Å². The van der Waals surface area contributed by atoms with E-state index in [1.54, 1.807) is 0 Å². The number of benzene rings is 1. The van der Waals surface area contributed by atoms with Crippen LogP contribution < -0.4 is 0 Å². The first kappa shape index (κ1) is 19.1. The van der Waals surface area contributed by atoms with Gasteiger partial charge in [0, 0.05) is 4.91 Å². The van der Waals surface area contributed by atoms with Crippen LogP contribution in [0.15, 0.2) is 47.4 Å². The molecule has 1 aliphatic rings. The van der Waals surface area contributed by atoms with E-state index in [1.807, 2.05) is 25.6 Å². The Kier molecular flexibility index (Phi) is 9.26. The SMILES string of the molecule is C/C=C(\S/C(=C\C)C1CCN(C)CC1)c1ccccc1.CC. The van der Waals surface area contributed by atoms with Crippen molar-refractivity contribution < 1.29 is 0 Å². The van der Waals surface area contributed by atoms with Gasteiger partial charge in [-0.2, -0.15) is 0 Å². The molecule has 0 N–H and O–H groups in total. The Balaban J connectivity index is 0.00000116. The van der Waals surface area contributed by atoms with Gasteiger partial charge in [-0.15, -0.1) is 0 Å². The third-order valence-corrected chi connectivity index (χ3v) is 5.45. The third kappa shape index (κ3) is 5.66. The van der Waals surface area contributed by atoms with Crippen molar-refractivity contribution in [2.24, 2.45) is 5.92 Å². The maximum Gasteiger partial charge on any atom is 0.0148 e. The van der Waals surface area contributed by atoms with Crippen molar-refractivity contribution >= 4 is 16.7 Å². The summed E-state index contributed by atoms with van der Waals surface area (Å²) in [5, 5.41) is 0. The minimum absolute atomic E-state index is 0.736. The number of allylic oxidation sites excluding steroid dienone is 3. The molecule has 2 heteroatoms. The number of hydrogen-bond donors (Lipinski definition) is 0. The monoisotopic (exact) mass is 317 g/mol. The van der Waals surface area contributed by atoms with E-state index in [1.165, 1.54) is 41.3 Å². The molecule has 0 aromatic heterocycles. The number of piperidine rings is 1. The Morgan fingerprint density at radius 1 is 1.05 bits per heavy atom. The van der Waals surface area contributed by atoms with Crippen LogP contribution in [0.4, 0.5) is 0 Å². The van der Waals surface area contributed by atoms with Crippen molar-refractivity contribution in [3.8, 4) is 0 Å². The molecular formula is C20H31NS. The number of likely N-dealkylation sites (tertiary alicyclic amines) is 1. The van der Waals surface area contributed by atoms with Crippen molar-refractivity contribution in [1.82, 2.24) is 4.90 Å². The fraction of sp³-hybridized carbons (Fsp3) is 0.500. The first-order valence-electron chi connectivity index (χ1n) is 8.49. The van der Waals surface area contributed by atoms with Crippen LogP contribution in [0.1, 0.15) is 46.1 Å². The van der Waals surface area contributed by atoms with E-state index in [4.69, 9.17) is 0 Å². The van der Waals surface area contributed by atoms with Gasteiger partial charge >= 0.3 is 0 Å². The molecule has 0 spiro atoms. The zero-order chi connectivity index (χ0) is 16.4. The zero-order valence-electron chi connectivity index (χ0n) is 14.8. The van der Waals surface area contributed by atoms with Crippen LogP contribution in [0.5, 0.6) is 0 Å². The van der Waals surface area contributed by atoms with E-state index in [9.17, 15) is 0 Å². The minimum Gasteiger partial charge on any atom is -0.306 e. The predicted octanol–water partition coefficient (Wildman–Crippen LogP) is 6.05. The zero-order valence-corrected chi connectivity index (χ0v) is 15.6. The molecule has 0 saturated carbocycles. The van der Waals surface area contributed by atoms with Crippen LogP contribution in [-0.2, 0) is 0 Å². The summed E-state index contributed by atoms with van der Waals surface area (Å²) in [7, 11) is 2.22. The van der Waals surface area contributed by atoms with Gasteiger partial charge in [0.1, 0.15) is 0 Å². The lowest BCUT2D eigenvalue weighted by Crippen LogP contribution is -2.30. The summed E-state index contributed by atoms with van der Waals surface area (Å²) in [4.78, 5) is 5.34. The highest BCUT2D eigenvalue weighted by molar-refractivity contribution is 8.11. The van der Waals surface area contributed by atoms with E-state index < -0.39 is 0 Å². The highest BCUT2D eigenvalue weighted by atomic mass is 32.2. The van der Waals surface area contributed by atoms with Crippen LogP contribution in [0.2, 0.25) is 0 Å². The summed E-state index contributed by atoms with van der Waals surface area (Å²) in [6, 6.07) is 10.7. The van der Waals surface area contributed by atoms with Gasteiger partial charge in [-0.1, -0.05) is 68.1 Å². The molecule has 1 fully saturated rings. The fourth-order valence-corrected chi connectivity index (χ4v) is 3.83. The van der Waals surface area contributed by atoms with Gasteiger partial charge in [0.15, 0.2) is 0 Å². The summed E-state index contributed by atoms with van der Waals surface area (Å²) in [5.41, 5.74) is 1.33. The third-order valence-electron chi connectivity index (χ3n) is 3.95. The average molecular weight is 318 g/mol. The Morgan fingerprint density at radius 2 is 1.64 bits per heavy atom. The molecule has 0 aliphatic carbocycles. The molecule has 0 radical (unpaired) electrons. The molecule has 0 atom stereocenters. The normalized spacial score (nSPS) is 17.9. The number of hydrogen-bond acceptors (Lipinski definition) is 2. The number of nitrogens with zero attached hydrogens (tertiary/aromatic N) is 1. The first-order valence-corrected chi connectivity index (χ1v) is 9.30. The molecule has 1 aromatic carbocycles. The second kappa shape index (κ2) is 10.7. The minimum atomic E-state index is 0.736. The van der Waals surface area contributed by atoms with Crippen LogP contribution in [0.3, 0.4) is 0 Å². The average Bonchev–Trinajstić information content (AvgIpc) is 2.60. The van der Waals surface area contributed by atoms with Gasteiger partial charge in [-0.25, -0.2) is 0 Å². The quantitative estimate of drug-likeness (QED) is 0.664. The van der Waals surface area contributed by atoms with Gasteiger partial charge in [0.25, 0.3) is 0 Å². The number of thioether (sulfide) groups is 1. The fourth-order valence-electron chi connectivity index (χ4n) is 2.68. The van der Waals surface area contributed by atoms with Gasteiger partial charge in [0.2, 0.25) is 0 Å². The largest absolute Gasteiger partial charge is 0.306 e.